The molecule has 1 aliphatic rings. The monoisotopic (exact) mass is 337 g/mol. The number of ketones is 1. The highest BCUT2D eigenvalue weighted by molar-refractivity contribution is 9.10. The molecule has 0 bridgehead atoms. The van der Waals surface area contributed by atoms with Crippen LogP contribution in [0.4, 0.5) is 5.69 Å². The molecule has 1 aromatic rings. The smallest absolute Gasteiger partial charge is 0.339 e. The van der Waals surface area contributed by atoms with Crippen molar-refractivity contribution in [3.8, 4) is 0 Å². The Morgan fingerprint density at radius 3 is 2.80 bits per heavy atom. The molecular formula is C15H16BrNO3. The van der Waals surface area contributed by atoms with Crippen molar-refractivity contribution in [2.24, 2.45) is 5.92 Å². The average Bonchev–Trinajstić information content (AvgIpc) is 2.39. The third-order valence-corrected chi connectivity index (χ3v) is 4.01. The standard InChI is InChI=1S/C15H16BrNO3/c1-9-6-10(8-11(18)7-9)17-13-5-3-4-12(14(13)16)15(19)20-2/h3-5,8-9,17H,6-7H2,1-2H3. The molecule has 1 aromatic carbocycles. The number of esters is 1. The molecule has 0 saturated heterocycles. The van der Waals surface area contributed by atoms with Crippen molar-refractivity contribution in [1.29, 1.82) is 0 Å². The third kappa shape index (κ3) is 3.28. The number of hydrogen-bond acceptors (Lipinski definition) is 4. The van der Waals surface area contributed by atoms with Crippen LogP contribution in [0.15, 0.2) is 34.4 Å². The zero-order chi connectivity index (χ0) is 14.7. The number of carbonyl (C=O) groups is 2. The number of anilines is 1. The van der Waals surface area contributed by atoms with Gasteiger partial charge >= 0.3 is 5.97 Å². The fourth-order valence-electron chi connectivity index (χ4n) is 2.26. The summed E-state index contributed by atoms with van der Waals surface area (Å²) in [7, 11) is 1.35. The molecule has 0 saturated carbocycles. The molecule has 0 aromatic heterocycles. The van der Waals surface area contributed by atoms with E-state index in [1.807, 2.05) is 13.0 Å². The SMILES string of the molecule is COC(=O)c1cccc(NC2=CC(=O)CC(C)C2)c1Br. The number of hydrogen-bond donors (Lipinski definition) is 1. The van der Waals surface area contributed by atoms with Gasteiger partial charge in [-0.25, -0.2) is 4.79 Å². The highest BCUT2D eigenvalue weighted by Crippen LogP contribution is 2.30. The summed E-state index contributed by atoms with van der Waals surface area (Å²) in [6.45, 7) is 2.05. The molecule has 0 aliphatic heterocycles. The van der Waals surface area contributed by atoms with Crippen molar-refractivity contribution < 1.29 is 14.3 Å². The van der Waals surface area contributed by atoms with E-state index >= 15 is 0 Å². The van der Waals surface area contributed by atoms with Crippen LogP contribution in [-0.4, -0.2) is 18.9 Å². The van der Waals surface area contributed by atoms with E-state index in [0.29, 0.717) is 22.4 Å². The topological polar surface area (TPSA) is 55.4 Å². The van der Waals surface area contributed by atoms with Crippen molar-refractivity contribution in [3.63, 3.8) is 0 Å². The molecule has 20 heavy (non-hydrogen) atoms. The van der Waals surface area contributed by atoms with Crippen LogP contribution in [0.2, 0.25) is 0 Å². The number of rotatable bonds is 3. The summed E-state index contributed by atoms with van der Waals surface area (Å²) >= 11 is 3.40. The van der Waals surface area contributed by atoms with Crippen LogP contribution in [0.5, 0.6) is 0 Å². The maximum Gasteiger partial charge on any atom is 0.339 e. The third-order valence-electron chi connectivity index (χ3n) is 3.15. The van der Waals surface area contributed by atoms with Gasteiger partial charge in [0.2, 0.25) is 0 Å². The minimum Gasteiger partial charge on any atom is -0.465 e. The molecule has 106 valence electrons. The predicted molar refractivity (Wildman–Crippen MR) is 80.6 cm³/mol. The molecule has 1 unspecified atom stereocenters. The van der Waals surface area contributed by atoms with Crippen molar-refractivity contribution in [3.05, 3.63) is 40.0 Å². The van der Waals surface area contributed by atoms with Crippen LogP contribution < -0.4 is 5.32 Å². The van der Waals surface area contributed by atoms with Gasteiger partial charge in [0.15, 0.2) is 5.78 Å². The first kappa shape index (κ1) is 14.8. The molecule has 0 amide bonds. The zero-order valence-corrected chi connectivity index (χ0v) is 13.0. The van der Waals surface area contributed by atoms with E-state index in [1.54, 1.807) is 18.2 Å². The predicted octanol–water partition coefficient (Wildman–Crippen LogP) is 3.53. The van der Waals surface area contributed by atoms with Crippen LogP contribution in [0.25, 0.3) is 0 Å². The second-order valence-corrected chi connectivity index (χ2v) is 5.73. The van der Waals surface area contributed by atoms with Gasteiger partial charge in [0, 0.05) is 18.2 Å². The Kier molecular flexibility index (Phi) is 4.60. The van der Waals surface area contributed by atoms with E-state index < -0.39 is 5.97 Å². The summed E-state index contributed by atoms with van der Waals surface area (Å²) in [4.78, 5) is 23.2. The lowest BCUT2D eigenvalue weighted by Gasteiger charge is -2.20. The quantitative estimate of drug-likeness (QED) is 0.857. The van der Waals surface area contributed by atoms with Crippen molar-refractivity contribution in [2.45, 2.75) is 19.8 Å². The normalized spacial score (nSPS) is 18.4. The van der Waals surface area contributed by atoms with Gasteiger partial charge in [-0.15, -0.1) is 0 Å². The maximum absolute atomic E-state index is 11.6. The molecule has 0 heterocycles. The number of benzene rings is 1. The number of nitrogens with one attached hydrogen (secondary N) is 1. The Hall–Kier alpha value is -1.62. The molecule has 4 nitrogen and oxygen atoms in total. The van der Waals surface area contributed by atoms with Crippen LogP contribution in [0, 0.1) is 5.92 Å². The Morgan fingerprint density at radius 2 is 2.15 bits per heavy atom. The minimum atomic E-state index is -0.400. The van der Waals surface area contributed by atoms with Gasteiger partial charge in [-0.2, -0.15) is 0 Å². The van der Waals surface area contributed by atoms with Gasteiger partial charge < -0.3 is 10.1 Å². The van der Waals surface area contributed by atoms with Crippen LogP contribution in [-0.2, 0) is 9.53 Å². The second kappa shape index (κ2) is 6.22. The van der Waals surface area contributed by atoms with E-state index in [2.05, 4.69) is 21.2 Å². The lowest BCUT2D eigenvalue weighted by atomic mass is 9.93. The van der Waals surface area contributed by atoms with E-state index in [1.165, 1.54) is 7.11 Å². The van der Waals surface area contributed by atoms with Crippen LogP contribution >= 0.6 is 15.9 Å². The van der Waals surface area contributed by atoms with Gasteiger partial charge in [0.25, 0.3) is 0 Å². The Bertz CT molecular complexity index is 580. The van der Waals surface area contributed by atoms with Crippen molar-refractivity contribution >= 4 is 33.4 Å². The number of ether oxygens (including phenoxy) is 1. The van der Waals surface area contributed by atoms with E-state index in [-0.39, 0.29) is 5.78 Å². The summed E-state index contributed by atoms with van der Waals surface area (Å²) < 4.78 is 5.37. The summed E-state index contributed by atoms with van der Waals surface area (Å²) in [5.41, 5.74) is 2.07. The molecule has 0 radical (unpaired) electrons. The lowest BCUT2D eigenvalue weighted by Crippen LogP contribution is -2.16. The van der Waals surface area contributed by atoms with Gasteiger partial charge in [-0.05, 0) is 40.4 Å². The second-order valence-electron chi connectivity index (χ2n) is 4.93. The molecule has 1 atom stereocenters. The van der Waals surface area contributed by atoms with Crippen molar-refractivity contribution in [1.82, 2.24) is 0 Å². The summed E-state index contributed by atoms with van der Waals surface area (Å²) in [5, 5.41) is 3.21. The fourth-order valence-corrected chi connectivity index (χ4v) is 2.78. The molecular weight excluding hydrogens is 322 g/mol. The molecule has 0 fully saturated rings. The van der Waals surface area contributed by atoms with Gasteiger partial charge in [0.05, 0.1) is 22.8 Å². The number of carbonyl (C=O) groups excluding carboxylic acids is 2. The Morgan fingerprint density at radius 1 is 1.40 bits per heavy atom. The van der Waals surface area contributed by atoms with Gasteiger partial charge in [0.1, 0.15) is 0 Å². The first-order valence-corrected chi connectivity index (χ1v) is 7.17. The Balaban J connectivity index is 2.26. The summed E-state index contributed by atoms with van der Waals surface area (Å²) in [6.07, 6.45) is 3.05. The minimum absolute atomic E-state index is 0.131. The largest absolute Gasteiger partial charge is 0.465 e. The van der Waals surface area contributed by atoms with Crippen LogP contribution in [0.1, 0.15) is 30.1 Å². The highest BCUT2D eigenvalue weighted by Gasteiger charge is 2.19. The number of methoxy groups -OCH3 is 1. The Labute approximate surface area is 126 Å². The molecule has 2 rings (SSSR count). The molecule has 5 heteroatoms. The van der Waals surface area contributed by atoms with Gasteiger partial charge in [-0.3, -0.25) is 4.79 Å². The highest BCUT2D eigenvalue weighted by atomic mass is 79.9. The zero-order valence-electron chi connectivity index (χ0n) is 11.4. The van der Waals surface area contributed by atoms with E-state index in [0.717, 1.165) is 17.8 Å². The first-order chi connectivity index (χ1) is 9.51. The van der Waals surface area contributed by atoms with Crippen LogP contribution in [0.3, 0.4) is 0 Å². The lowest BCUT2D eigenvalue weighted by molar-refractivity contribution is -0.115. The van der Waals surface area contributed by atoms with Gasteiger partial charge in [-0.1, -0.05) is 13.0 Å². The fraction of sp³-hybridized carbons (Fsp3) is 0.333. The van der Waals surface area contributed by atoms with E-state index in [9.17, 15) is 9.59 Å². The van der Waals surface area contributed by atoms with Crippen molar-refractivity contribution in [2.75, 3.05) is 12.4 Å². The number of allylic oxidation sites excluding steroid dienone is 2. The number of halogens is 1. The summed E-state index contributed by atoms with van der Waals surface area (Å²) in [6, 6.07) is 5.30. The first-order valence-electron chi connectivity index (χ1n) is 6.38. The molecule has 0 spiro atoms. The maximum atomic E-state index is 11.6. The van der Waals surface area contributed by atoms with E-state index in [4.69, 9.17) is 4.74 Å². The average molecular weight is 338 g/mol. The summed E-state index contributed by atoms with van der Waals surface area (Å²) in [5.74, 6) is 0.0617. The molecule has 1 aliphatic carbocycles. The molecule has 1 N–H and O–H groups in total.